The van der Waals surface area contributed by atoms with E-state index in [1.807, 2.05) is 0 Å². The standard InChI is InChI=1S/C7H14N2/c1-2-9-5-6-3-7(9)4-8-6/h6-8H,2-5H2,1H3/t6-,7+/m0/s1. The van der Waals surface area contributed by atoms with Crippen molar-refractivity contribution in [1.82, 2.24) is 10.2 Å². The summed E-state index contributed by atoms with van der Waals surface area (Å²) >= 11 is 0. The predicted octanol–water partition coefficient (Wildman–Crippen LogP) is 0.0524. The molecule has 2 aliphatic heterocycles. The molecule has 2 rings (SSSR count). The lowest BCUT2D eigenvalue weighted by molar-refractivity contribution is 0.238. The maximum atomic E-state index is 3.48. The van der Waals surface area contributed by atoms with E-state index in [1.54, 1.807) is 0 Å². The normalized spacial score (nSPS) is 42.3. The maximum Gasteiger partial charge on any atom is 0.0236 e. The molecule has 52 valence electrons. The van der Waals surface area contributed by atoms with Crippen LogP contribution in [0.1, 0.15) is 13.3 Å². The summed E-state index contributed by atoms with van der Waals surface area (Å²) in [7, 11) is 0. The lowest BCUT2D eigenvalue weighted by Crippen LogP contribution is -2.43. The third-order valence-corrected chi connectivity index (χ3v) is 2.58. The maximum absolute atomic E-state index is 3.48. The Morgan fingerprint density at radius 2 is 2.56 bits per heavy atom. The van der Waals surface area contributed by atoms with E-state index in [0.717, 1.165) is 12.1 Å². The summed E-state index contributed by atoms with van der Waals surface area (Å²) in [6.45, 7) is 6.02. The molecule has 0 radical (unpaired) electrons. The first-order valence-electron chi connectivity index (χ1n) is 3.87. The number of rotatable bonds is 1. The Labute approximate surface area is 56.2 Å². The van der Waals surface area contributed by atoms with Crippen LogP contribution in [0.15, 0.2) is 0 Å². The summed E-state index contributed by atoms with van der Waals surface area (Å²) in [5.74, 6) is 0. The second-order valence-corrected chi connectivity index (χ2v) is 3.08. The van der Waals surface area contributed by atoms with Gasteiger partial charge in [-0.05, 0) is 13.0 Å². The SMILES string of the molecule is CCN1C[C@@H]2C[C@@H]1CN2. The van der Waals surface area contributed by atoms with E-state index in [9.17, 15) is 0 Å². The zero-order chi connectivity index (χ0) is 6.27. The molecule has 0 aromatic carbocycles. The summed E-state index contributed by atoms with van der Waals surface area (Å²) in [5, 5.41) is 3.48. The molecule has 2 heterocycles. The minimum atomic E-state index is 0.829. The van der Waals surface area contributed by atoms with Crippen LogP contribution in [-0.4, -0.2) is 36.6 Å². The highest BCUT2D eigenvalue weighted by Crippen LogP contribution is 2.21. The summed E-state index contributed by atoms with van der Waals surface area (Å²) in [6, 6.07) is 1.70. The minimum absolute atomic E-state index is 0.829. The lowest BCUT2D eigenvalue weighted by atomic mass is 10.2. The van der Waals surface area contributed by atoms with Crippen LogP contribution in [0, 0.1) is 0 Å². The van der Waals surface area contributed by atoms with E-state index in [2.05, 4.69) is 17.1 Å². The zero-order valence-corrected chi connectivity index (χ0v) is 5.93. The number of likely N-dealkylation sites (N-methyl/N-ethyl adjacent to an activating group) is 1. The molecule has 2 saturated heterocycles. The molecule has 0 aliphatic carbocycles. The van der Waals surface area contributed by atoms with E-state index < -0.39 is 0 Å². The van der Waals surface area contributed by atoms with E-state index in [0.29, 0.717) is 0 Å². The molecule has 1 N–H and O–H groups in total. The number of hydrogen-bond acceptors (Lipinski definition) is 2. The smallest absolute Gasteiger partial charge is 0.0236 e. The highest BCUT2D eigenvalue weighted by molar-refractivity contribution is 4.96. The number of likely N-dealkylation sites (tertiary alicyclic amines) is 1. The third kappa shape index (κ3) is 0.775. The molecule has 2 aliphatic rings. The van der Waals surface area contributed by atoms with Gasteiger partial charge in [0.25, 0.3) is 0 Å². The molecule has 2 fully saturated rings. The van der Waals surface area contributed by atoms with Gasteiger partial charge >= 0.3 is 0 Å². The fraction of sp³-hybridized carbons (Fsp3) is 1.00. The van der Waals surface area contributed by atoms with Gasteiger partial charge in [0.1, 0.15) is 0 Å². The molecule has 0 amide bonds. The molecule has 9 heavy (non-hydrogen) atoms. The van der Waals surface area contributed by atoms with Gasteiger partial charge in [0.05, 0.1) is 0 Å². The first-order chi connectivity index (χ1) is 4.40. The van der Waals surface area contributed by atoms with E-state index >= 15 is 0 Å². The predicted molar refractivity (Wildman–Crippen MR) is 37.4 cm³/mol. The van der Waals surface area contributed by atoms with Gasteiger partial charge < -0.3 is 5.32 Å². The Kier molecular flexibility index (Phi) is 1.24. The molecule has 0 aromatic heterocycles. The Balaban J connectivity index is 2.01. The van der Waals surface area contributed by atoms with Crippen LogP contribution in [0.2, 0.25) is 0 Å². The molecule has 2 atom stereocenters. The van der Waals surface area contributed by atoms with Crippen LogP contribution in [-0.2, 0) is 0 Å². The van der Waals surface area contributed by atoms with Gasteiger partial charge in [-0.25, -0.2) is 0 Å². The molecule has 0 saturated carbocycles. The first kappa shape index (κ1) is 5.69. The van der Waals surface area contributed by atoms with Gasteiger partial charge in [0.15, 0.2) is 0 Å². The Bertz CT molecular complexity index is 113. The highest BCUT2D eigenvalue weighted by atomic mass is 15.3. The second kappa shape index (κ2) is 1.96. The van der Waals surface area contributed by atoms with Crippen molar-refractivity contribution in [2.75, 3.05) is 19.6 Å². The molecular weight excluding hydrogens is 112 g/mol. The largest absolute Gasteiger partial charge is 0.311 e. The van der Waals surface area contributed by atoms with Crippen LogP contribution >= 0.6 is 0 Å². The van der Waals surface area contributed by atoms with E-state index in [1.165, 1.54) is 26.1 Å². The van der Waals surface area contributed by atoms with Gasteiger partial charge in [-0.1, -0.05) is 6.92 Å². The summed E-state index contributed by atoms with van der Waals surface area (Å²) in [4.78, 5) is 2.57. The Morgan fingerprint density at radius 3 is 2.89 bits per heavy atom. The molecule has 2 nitrogen and oxygen atoms in total. The topological polar surface area (TPSA) is 15.3 Å². The number of piperazine rings is 1. The molecule has 2 heteroatoms. The fourth-order valence-corrected chi connectivity index (χ4v) is 2.03. The van der Waals surface area contributed by atoms with Crippen molar-refractivity contribution < 1.29 is 0 Å². The zero-order valence-electron chi connectivity index (χ0n) is 5.93. The molecule has 0 unspecified atom stereocenters. The van der Waals surface area contributed by atoms with Gasteiger partial charge in [0, 0.05) is 25.2 Å². The summed E-state index contributed by atoms with van der Waals surface area (Å²) in [5.41, 5.74) is 0. The van der Waals surface area contributed by atoms with Crippen molar-refractivity contribution in [2.24, 2.45) is 0 Å². The van der Waals surface area contributed by atoms with Crippen molar-refractivity contribution >= 4 is 0 Å². The molecular formula is C7H14N2. The average Bonchev–Trinajstić information content (AvgIpc) is 2.45. The Hall–Kier alpha value is -0.0800. The van der Waals surface area contributed by atoms with Gasteiger partial charge in [0.2, 0.25) is 0 Å². The van der Waals surface area contributed by atoms with Crippen LogP contribution in [0.5, 0.6) is 0 Å². The number of nitrogens with one attached hydrogen (secondary N) is 1. The number of nitrogens with zero attached hydrogens (tertiary/aromatic N) is 1. The molecule has 2 bridgehead atoms. The van der Waals surface area contributed by atoms with E-state index in [4.69, 9.17) is 0 Å². The quantitative estimate of drug-likeness (QED) is 0.534. The number of hydrogen-bond donors (Lipinski definition) is 1. The lowest BCUT2D eigenvalue weighted by Gasteiger charge is -2.25. The highest BCUT2D eigenvalue weighted by Gasteiger charge is 2.35. The first-order valence-corrected chi connectivity index (χ1v) is 3.87. The van der Waals surface area contributed by atoms with Gasteiger partial charge in [-0.15, -0.1) is 0 Å². The third-order valence-electron chi connectivity index (χ3n) is 2.58. The Morgan fingerprint density at radius 1 is 1.67 bits per heavy atom. The van der Waals surface area contributed by atoms with Crippen molar-refractivity contribution in [3.8, 4) is 0 Å². The van der Waals surface area contributed by atoms with Crippen LogP contribution in [0.25, 0.3) is 0 Å². The minimum Gasteiger partial charge on any atom is -0.311 e. The summed E-state index contributed by atoms with van der Waals surface area (Å²) < 4.78 is 0. The monoisotopic (exact) mass is 126 g/mol. The van der Waals surface area contributed by atoms with Gasteiger partial charge in [-0.3, -0.25) is 4.90 Å². The van der Waals surface area contributed by atoms with Gasteiger partial charge in [-0.2, -0.15) is 0 Å². The summed E-state index contributed by atoms with van der Waals surface area (Å²) in [6.07, 6.45) is 1.40. The van der Waals surface area contributed by atoms with Crippen molar-refractivity contribution in [3.63, 3.8) is 0 Å². The second-order valence-electron chi connectivity index (χ2n) is 3.08. The van der Waals surface area contributed by atoms with Crippen LogP contribution in [0.4, 0.5) is 0 Å². The van der Waals surface area contributed by atoms with Crippen molar-refractivity contribution in [3.05, 3.63) is 0 Å². The van der Waals surface area contributed by atoms with Crippen LogP contribution in [0.3, 0.4) is 0 Å². The fourth-order valence-electron chi connectivity index (χ4n) is 2.03. The van der Waals surface area contributed by atoms with Crippen molar-refractivity contribution in [1.29, 1.82) is 0 Å². The van der Waals surface area contributed by atoms with E-state index in [-0.39, 0.29) is 0 Å². The average molecular weight is 126 g/mol. The molecule has 0 spiro atoms. The van der Waals surface area contributed by atoms with Crippen molar-refractivity contribution in [2.45, 2.75) is 25.4 Å². The number of fused-ring (bicyclic) bond motifs is 2. The van der Waals surface area contributed by atoms with Crippen LogP contribution < -0.4 is 5.32 Å². The molecule has 0 aromatic rings.